The van der Waals surface area contributed by atoms with Crippen molar-refractivity contribution >= 4 is 11.7 Å². The van der Waals surface area contributed by atoms with E-state index in [1.54, 1.807) is 0 Å². The summed E-state index contributed by atoms with van der Waals surface area (Å²) in [5.74, 6) is -0.215. The number of aryl methyl sites for hydroxylation is 1. The molecule has 1 aromatic rings. The Kier molecular flexibility index (Phi) is 6.26. The fourth-order valence-electron chi connectivity index (χ4n) is 1.82. The van der Waals surface area contributed by atoms with E-state index in [1.807, 2.05) is 19.1 Å². The minimum atomic E-state index is -0.267. The van der Waals surface area contributed by atoms with Crippen molar-refractivity contribution < 1.29 is 9.53 Å². The van der Waals surface area contributed by atoms with E-state index in [4.69, 9.17) is 4.74 Å². The van der Waals surface area contributed by atoms with Gasteiger partial charge in [-0.15, -0.1) is 0 Å². The summed E-state index contributed by atoms with van der Waals surface area (Å²) < 4.78 is 4.75. The number of anilines is 1. The van der Waals surface area contributed by atoms with E-state index in [-0.39, 0.29) is 12.0 Å². The molecule has 0 amide bonds. The Morgan fingerprint density at radius 2 is 1.94 bits per heavy atom. The molecule has 1 N–H and O–H groups in total. The molecule has 1 rings (SSSR count). The maximum atomic E-state index is 11.5. The van der Waals surface area contributed by atoms with Crippen molar-refractivity contribution in [2.45, 2.75) is 45.6 Å². The molecule has 0 heterocycles. The fraction of sp³-hybridized carbons (Fsp3) is 0.533. The topological polar surface area (TPSA) is 38.3 Å². The van der Waals surface area contributed by atoms with Gasteiger partial charge in [0.1, 0.15) is 6.04 Å². The van der Waals surface area contributed by atoms with Gasteiger partial charge in [-0.2, -0.15) is 0 Å². The first kappa shape index (κ1) is 14.6. The molecule has 3 nitrogen and oxygen atoms in total. The zero-order valence-electron chi connectivity index (χ0n) is 11.5. The molecule has 0 aliphatic carbocycles. The first-order valence-corrected chi connectivity index (χ1v) is 6.64. The number of ether oxygens (including phenoxy) is 1. The number of nitrogens with one attached hydrogen (secondary N) is 1. The molecule has 0 aromatic heterocycles. The van der Waals surface area contributed by atoms with E-state index in [9.17, 15) is 4.79 Å². The number of carbonyl (C=O) groups excluding carboxylic acids is 1. The molecule has 0 aliphatic rings. The van der Waals surface area contributed by atoms with E-state index in [1.165, 1.54) is 25.5 Å². The first-order chi connectivity index (χ1) is 8.71. The van der Waals surface area contributed by atoms with E-state index in [0.29, 0.717) is 6.42 Å². The van der Waals surface area contributed by atoms with Crippen molar-refractivity contribution in [1.82, 2.24) is 0 Å². The van der Waals surface area contributed by atoms with Crippen LogP contribution >= 0.6 is 0 Å². The molecule has 0 aliphatic heterocycles. The lowest BCUT2D eigenvalue weighted by Crippen LogP contribution is -2.29. The van der Waals surface area contributed by atoms with Gasteiger partial charge in [0, 0.05) is 5.69 Å². The van der Waals surface area contributed by atoms with Gasteiger partial charge in [0.05, 0.1) is 7.11 Å². The number of hydrogen-bond acceptors (Lipinski definition) is 3. The lowest BCUT2D eigenvalue weighted by Gasteiger charge is -2.16. The van der Waals surface area contributed by atoms with E-state index in [2.05, 4.69) is 24.4 Å². The minimum absolute atomic E-state index is 0.215. The molecule has 100 valence electrons. The van der Waals surface area contributed by atoms with Gasteiger partial charge in [0.2, 0.25) is 0 Å². The Labute approximate surface area is 110 Å². The highest BCUT2D eigenvalue weighted by Gasteiger charge is 2.15. The highest BCUT2D eigenvalue weighted by molar-refractivity contribution is 5.79. The van der Waals surface area contributed by atoms with Gasteiger partial charge in [0.15, 0.2) is 0 Å². The smallest absolute Gasteiger partial charge is 0.328 e. The Bertz CT molecular complexity index is 359. The summed E-state index contributed by atoms with van der Waals surface area (Å²) in [6, 6.07) is 8.01. The molecular formula is C15H23NO2. The molecule has 18 heavy (non-hydrogen) atoms. The largest absolute Gasteiger partial charge is 0.467 e. The summed E-state index contributed by atoms with van der Waals surface area (Å²) in [4.78, 5) is 11.5. The normalized spacial score (nSPS) is 11.9. The highest BCUT2D eigenvalue weighted by atomic mass is 16.5. The number of esters is 1. The average Bonchev–Trinajstić information content (AvgIpc) is 2.43. The van der Waals surface area contributed by atoms with E-state index < -0.39 is 0 Å². The molecular weight excluding hydrogens is 226 g/mol. The summed E-state index contributed by atoms with van der Waals surface area (Å²) in [5, 5.41) is 3.19. The van der Waals surface area contributed by atoms with Crippen molar-refractivity contribution in [3.8, 4) is 0 Å². The van der Waals surface area contributed by atoms with Crippen LogP contribution < -0.4 is 5.32 Å². The summed E-state index contributed by atoms with van der Waals surface area (Å²) in [5.41, 5.74) is 2.31. The Hall–Kier alpha value is -1.51. The lowest BCUT2D eigenvalue weighted by molar-refractivity contribution is -0.141. The third-order valence-corrected chi connectivity index (χ3v) is 3.01. The number of rotatable bonds is 7. The molecule has 0 saturated heterocycles. The minimum Gasteiger partial charge on any atom is -0.467 e. The highest BCUT2D eigenvalue weighted by Crippen LogP contribution is 2.14. The summed E-state index contributed by atoms with van der Waals surface area (Å²) >= 11 is 0. The van der Waals surface area contributed by atoms with Gasteiger partial charge in [0.25, 0.3) is 0 Å². The van der Waals surface area contributed by atoms with Crippen molar-refractivity contribution in [3.63, 3.8) is 0 Å². The van der Waals surface area contributed by atoms with Crippen molar-refractivity contribution in [2.24, 2.45) is 0 Å². The number of methoxy groups -OCH3 is 1. The summed E-state index contributed by atoms with van der Waals surface area (Å²) in [7, 11) is 1.42. The van der Waals surface area contributed by atoms with Gasteiger partial charge >= 0.3 is 5.97 Å². The maximum absolute atomic E-state index is 11.5. The molecule has 1 unspecified atom stereocenters. The Balaban J connectivity index is 2.59. The van der Waals surface area contributed by atoms with Crippen LogP contribution in [-0.4, -0.2) is 19.1 Å². The molecule has 0 bridgehead atoms. The molecule has 0 spiro atoms. The van der Waals surface area contributed by atoms with Crippen molar-refractivity contribution in [1.29, 1.82) is 0 Å². The van der Waals surface area contributed by atoms with Gasteiger partial charge in [-0.3, -0.25) is 0 Å². The SMILES string of the molecule is CCCCc1ccc(NC(CC)C(=O)OC)cc1. The number of benzene rings is 1. The zero-order valence-corrected chi connectivity index (χ0v) is 11.5. The second-order valence-corrected chi connectivity index (χ2v) is 4.43. The van der Waals surface area contributed by atoms with Crippen LogP contribution in [0.4, 0.5) is 5.69 Å². The third kappa shape index (κ3) is 4.40. The van der Waals surface area contributed by atoms with Crippen LogP contribution in [0.15, 0.2) is 24.3 Å². The predicted molar refractivity (Wildman–Crippen MR) is 74.8 cm³/mol. The van der Waals surface area contributed by atoms with Crippen LogP contribution in [0.3, 0.4) is 0 Å². The quantitative estimate of drug-likeness (QED) is 0.753. The van der Waals surface area contributed by atoms with Crippen LogP contribution in [0, 0.1) is 0 Å². The molecule has 0 radical (unpaired) electrons. The molecule has 3 heteroatoms. The number of carbonyl (C=O) groups is 1. The number of hydrogen-bond donors (Lipinski definition) is 1. The number of unbranched alkanes of at least 4 members (excludes halogenated alkanes) is 1. The third-order valence-electron chi connectivity index (χ3n) is 3.01. The Morgan fingerprint density at radius 3 is 2.44 bits per heavy atom. The van der Waals surface area contributed by atoms with Crippen LogP contribution in [0.25, 0.3) is 0 Å². The van der Waals surface area contributed by atoms with Crippen LogP contribution in [-0.2, 0) is 16.0 Å². The van der Waals surface area contributed by atoms with Gasteiger partial charge in [-0.1, -0.05) is 32.4 Å². The second-order valence-electron chi connectivity index (χ2n) is 4.43. The maximum Gasteiger partial charge on any atom is 0.328 e. The van der Waals surface area contributed by atoms with Crippen LogP contribution in [0.5, 0.6) is 0 Å². The molecule has 0 fully saturated rings. The summed E-state index contributed by atoms with van der Waals surface area (Å²) in [6.07, 6.45) is 4.25. The van der Waals surface area contributed by atoms with Gasteiger partial charge < -0.3 is 10.1 Å². The van der Waals surface area contributed by atoms with Gasteiger partial charge in [-0.05, 0) is 37.0 Å². The standard InChI is InChI=1S/C15H23NO2/c1-4-6-7-12-8-10-13(11-9-12)16-14(5-2)15(17)18-3/h8-11,14,16H,4-7H2,1-3H3. The summed E-state index contributed by atoms with van der Waals surface area (Å²) in [6.45, 7) is 4.16. The van der Waals surface area contributed by atoms with E-state index in [0.717, 1.165) is 12.1 Å². The average molecular weight is 249 g/mol. The van der Waals surface area contributed by atoms with E-state index >= 15 is 0 Å². The first-order valence-electron chi connectivity index (χ1n) is 6.64. The molecule has 1 aromatic carbocycles. The zero-order chi connectivity index (χ0) is 13.4. The fourth-order valence-corrected chi connectivity index (χ4v) is 1.82. The Morgan fingerprint density at radius 1 is 1.28 bits per heavy atom. The van der Waals surface area contributed by atoms with Crippen LogP contribution in [0.2, 0.25) is 0 Å². The molecule has 1 atom stereocenters. The molecule has 0 saturated carbocycles. The monoisotopic (exact) mass is 249 g/mol. The lowest BCUT2D eigenvalue weighted by atomic mass is 10.1. The predicted octanol–water partition coefficient (Wildman–Crippen LogP) is 3.39. The van der Waals surface area contributed by atoms with Crippen LogP contribution in [0.1, 0.15) is 38.7 Å². The van der Waals surface area contributed by atoms with Crippen molar-refractivity contribution in [2.75, 3.05) is 12.4 Å². The van der Waals surface area contributed by atoms with Crippen molar-refractivity contribution in [3.05, 3.63) is 29.8 Å². The van der Waals surface area contributed by atoms with Gasteiger partial charge in [-0.25, -0.2) is 4.79 Å². The second kappa shape index (κ2) is 7.75.